The minimum Gasteiger partial charge on any atom is -0.329 e. The summed E-state index contributed by atoms with van der Waals surface area (Å²) in [5, 5.41) is 0. The Hall–Kier alpha value is -0.150. The molecule has 0 aromatic carbocycles. The van der Waals surface area contributed by atoms with Gasteiger partial charge in [0, 0.05) is 18.6 Å². The lowest BCUT2D eigenvalue weighted by Crippen LogP contribution is -2.50. The fraction of sp³-hybridized carbons (Fsp3) is 1.00. The Morgan fingerprint density at radius 1 is 1.33 bits per heavy atom. The zero-order valence-electron chi connectivity index (χ0n) is 8.44. The van der Waals surface area contributed by atoms with Gasteiger partial charge in [-0.1, -0.05) is 6.92 Å². The molecule has 0 fully saturated rings. The van der Waals surface area contributed by atoms with Gasteiger partial charge in [-0.2, -0.15) is 0 Å². The van der Waals surface area contributed by atoms with Gasteiger partial charge in [0.25, 0.3) is 0 Å². The molecular formula is C9H21FN2. The second-order valence-corrected chi connectivity index (χ2v) is 3.69. The van der Waals surface area contributed by atoms with Crippen LogP contribution < -0.4 is 5.73 Å². The van der Waals surface area contributed by atoms with Crippen molar-refractivity contribution in [2.45, 2.75) is 32.7 Å². The Bertz CT molecular complexity index is 109. The molecule has 2 N–H and O–H groups in total. The van der Waals surface area contributed by atoms with Crippen LogP contribution in [0.4, 0.5) is 4.39 Å². The zero-order valence-corrected chi connectivity index (χ0v) is 8.44. The predicted octanol–water partition coefficient (Wildman–Crippen LogP) is 1.41. The molecule has 0 aliphatic carbocycles. The summed E-state index contributed by atoms with van der Waals surface area (Å²) in [6.07, 6.45) is 1.05. The Kier molecular flexibility index (Phi) is 5.42. The van der Waals surface area contributed by atoms with Crippen LogP contribution in [0.2, 0.25) is 0 Å². The summed E-state index contributed by atoms with van der Waals surface area (Å²) in [6, 6.07) is 0. The van der Waals surface area contributed by atoms with Crippen molar-refractivity contribution < 1.29 is 4.39 Å². The molecule has 74 valence electrons. The van der Waals surface area contributed by atoms with Gasteiger partial charge in [-0.3, -0.25) is 4.90 Å². The molecule has 0 aliphatic heterocycles. The third-order valence-electron chi connectivity index (χ3n) is 2.20. The van der Waals surface area contributed by atoms with Gasteiger partial charge in [0.15, 0.2) is 0 Å². The maximum Gasteiger partial charge on any atom is 0.102 e. The lowest BCUT2D eigenvalue weighted by Gasteiger charge is -2.36. The van der Waals surface area contributed by atoms with Crippen LogP contribution in [-0.4, -0.2) is 36.7 Å². The first kappa shape index (κ1) is 11.8. The number of alkyl halides is 1. The molecule has 0 bridgehead atoms. The number of halogens is 1. The summed E-state index contributed by atoms with van der Waals surface area (Å²) in [5.41, 5.74) is 5.54. The number of hydrogen-bond acceptors (Lipinski definition) is 2. The van der Waals surface area contributed by atoms with Crippen LogP contribution in [0.1, 0.15) is 27.2 Å². The van der Waals surface area contributed by atoms with Crippen LogP contribution in [0.15, 0.2) is 0 Å². The largest absolute Gasteiger partial charge is 0.329 e. The minimum atomic E-state index is -0.288. The molecule has 0 heterocycles. The second kappa shape index (κ2) is 5.49. The Morgan fingerprint density at radius 2 is 1.92 bits per heavy atom. The SMILES string of the molecule is CCCN(CCF)C(C)(C)CN. The number of hydrogen-bond donors (Lipinski definition) is 1. The molecule has 0 atom stereocenters. The molecule has 0 aromatic heterocycles. The summed E-state index contributed by atoms with van der Waals surface area (Å²) in [6.45, 7) is 7.91. The highest BCUT2D eigenvalue weighted by Gasteiger charge is 2.23. The van der Waals surface area contributed by atoms with E-state index < -0.39 is 0 Å². The van der Waals surface area contributed by atoms with Crippen molar-refractivity contribution in [3.63, 3.8) is 0 Å². The van der Waals surface area contributed by atoms with Gasteiger partial charge in [-0.15, -0.1) is 0 Å². The monoisotopic (exact) mass is 176 g/mol. The molecule has 0 spiro atoms. The fourth-order valence-electron chi connectivity index (χ4n) is 1.22. The first-order chi connectivity index (χ1) is 5.58. The van der Waals surface area contributed by atoms with Crippen molar-refractivity contribution in [3.8, 4) is 0 Å². The molecule has 3 heteroatoms. The van der Waals surface area contributed by atoms with E-state index in [2.05, 4.69) is 25.7 Å². The highest BCUT2D eigenvalue weighted by Crippen LogP contribution is 2.12. The van der Waals surface area contributed by atoms with Crippen molar-refractivity contribution in [3.05, 3.63) is 0 Å². The Balaban J connectivity index is 4.07. The number of rotatable bonds is 6. The lowest BCUT2D eigenvalue weighted by molar-refractivity contribution is 0.117. The van der Waals surface area contributed by atoms with E-state index in [9.17, 15) is 4.39 Å². The van der Waals surface area contributed by atoms with Crippen LogP contribution in [0.3, 0.4) is 0 Å². The van der Waals surface area contributed by atoms with E-state index in [0.29, 0.717) is 13.1 Å². The van der Waals surface area contributed by atoms with E-state index in [1.807, 2.05) is 0 Å². The lowest BCUT2D eigenvalue weighted by atomic mass is 10.0. The van der Waals surface area contributed by atoms with Gasteiger partial charge in [0.1, 0.15) is 6.67 Å². The molecular weight excluding hydrogens is 155 g/mol. The first-order valence-corrected chi connectivity index (χ1v) is 4.59. The molecule has 0 unspecified atom stereocenters. The summed E-state index contributed by atoms with van der Waals surface area (Å²) in [5.74, 6) is 0. The maximum absolute atomic E-state index is 12.2. The summed E-state index contributed by atoms with van der Waals surface area (Å²) < 4.78 is 12.2. The molecule has 0 saturated heterocycles. The molecule has 0 radical (unpaired) electrons. The number of nitrogens with two attached hydrogens (primary N) is 1. The summed E-state index contributed by atoms with van der Waals surface area (Å²) >= 11 is 0. The van der Waals surface area contributed by atoms with Crippen molar-refractivity contribution in [2.24, 2.45) is 5.73 Å². The minimum absolute atomic E-state index is 0.0674. The average molecular weight is 176 g/mol. The van der Waals surface area contributed by atoms with Gasteiger partial charge in [-0.25, -0.2) is 4.39 Å². The topological polar surface area (TPSA) is 29.3 Å². The first-order valence-electron chi connectivity index (χ1n) is 4.59. The van der Waals surface area contributed by atoms with Gasteiger partial charge in [0.05, 0.1) is 0 Å². The molecule has 0 rings (SSSR count). The normalized spacial score (nSPS) is 12.5. The fourth-order valence-corrected chi connectivity index (χ4v) is 1.22. The smallest absolute Gasteiger partial charge is 0.102 e. The zero-order chi connectivity index (χ0) is 9.61. The molecule has 2 nitrogen and oxygen atoms in total. The molecule has 0 aromatic rings. The average Bonchev–Trinajstić information content (AvgIpc) is 2.04. The quantitative estimate of drug-likeness (QED) is 0.663. The molecule has 0 saturated carbocycles. The van der Waals surface area contributed by atoms with Crippen LogP contribution in [0.5, 0.6) is 0 Å². The highest BCUT2D eigenvalue weighted by atomic mass is 19.1. The highest BCUT2D eigenvalue weighted by molar-refractivity contribution is 4.81. The van der Waals surface area contributed by atoms with E-state index in [0.717, 1.165) is 13.0 Å². The van der Waals surface area contributed by atoms with Crippen LogP contribution in [0, 0.1) is 0 Å². The van der Waals surface area contributed by atoms with E-state index in [-0.39, 0.29) is 12.2 Å². The third kappa shape index (κ3) is 3.50. The van der Waals surface area contributed by atoms with E-state index >= 15 is 0 Å². The molecule has 0 aliphatic rings. The Morgan fingerprint density at radius 3 is 2.25 bits per heavy atom. The van der Waals surface area contributed by atoms with E-state index in [4.69, 9.17) is 5.73 Å². The van der Waals surface area contributed by atoms with E-state index in [1.165, 1.54) is 0 Å². The summed E-state index contributed by atoms with van der Waals surface area (Å²) in [4.78, 5) is 2.10. The molecule has 0 amide bonds. The predicted molar refractivity (Wildman–Crippen MR) is 51.0 cm³/mol. The van der Waals surface area contributed by atoms with Crippen LogP contribution in [0.25, 0.3) is 0 Å². The van der Waals surface area contributed by atoms with Crippen molar-refractivity contribution >= 4 is 0 Å². The Labute approximate surface area is 74.9 Å². The summed E-state index contributed by atoms with van der Waals surface area (Å²) in [7, 11) is 0. The number of nitrogens with zero attached hydrogens (tertiary/aromatic N) is 1. The maximum atomic E-state index is 12.2. The van der Waals surface area contributed by atoms with Gasteiger partial charge in [-0.05, 0) is 26.8 Å². The van der Waals surface area contributed by atoms with E-state index in [1.54, 1.807) is 0 Å². The van der Waals surface area contributed by atoms with Crippen LogP contribution >= 0.6 is 0 Å². The van der Waals surface area contributed by atoms with Crippen LogP contribution in [-0.2, 0) is 0 Å². The standard InChI is InChI=1S/C9H21FN2/c1-4-6-12(7-5-10)9(2,3)8-11/h4-8,11H2,1-3H3. The van der Waals surface area contributed by atoms with Gasteiger partial charge >= 0.3 is 0 Å². The van der Waals surface area contributed by atoms with Crippen molar-refractivity contribution in [1.82, 2.24) is 4.90 Å². The molecule has 12 heavy (non-hydrogen) atoms. The van der Waals surface area contributed by atoms with Gasteiger partial charge < -0.3 is 5.73 Å². The van der Waals surface area contributed by atoms with Gasteiger partial charge in [0.2, 0.25) is 0 Å². The third-order valence-corrected chi connectivity index (χ3v) is 2.20. The van der Waals surface area contributed by atoms with Crippen molar-refractivity contribution in [1.29, 1.82) is 0 Å². The second-order valence-electron chi connectivity index (χ2n) is 3.69. The van der Waals surface area contributed by atoms with Crippen molar-refractivity contribution in [2.75, 3.05) is 26.3 Å².